The third-order valence-corrected chi connectivity index (χ3v) is 2.96. The van der Waals surface area contributed by atoms with Gasteiger partial charge in [-0.2, -0.15) is 0 Å². The molecule has 2 rings (SSSR count). The van der Waals surface area contributed by atoms with E-state index in [0.29, 0.717) is 19.4 Å². The molecule has 70 valence electrons. The first kappa shape index (κ1) is 8.45. The van der Waals surface area contributed by atoms with Gasteiger partial charge in [0.25, 0.3) is 0 Å². The van der Waals surface area contributed by atoms with E-state index >= 15 is 0 Å². The van der Waals surface area contributed by atoms with Crippen LogP contribution in [0, 0.1) is 0 Å². The maximum absolute atomic E-state index is 14.0. The second-order valence-electron chi connectivity index (χ2n) is 4.03. The van der Waals surface area contributed by atoms with E-state index in [4.69, 9.17) is 0 Å². The van der Waals surface area contributed by atoms with Crippen LogP contribution < -0.4 is 5.32 Å². The second kappa shape index (κ2) is 3.30. The van der Waals surface area contributed by atoms with Gasteiger partial charge < -0.3 is 10.2 Å². The molecule has 1 N–H and O–H groups in total. The van der Waals surface area contributed by atoms with E-state index in [2.05, 4.69) is 10.2 Å². The predicted molar refractivity (Wildman–Crippen MR) is 47.0 cm³/mol. The molecule has 0 aromatic carbocycles. The van der Waals surface area contributed by atoms with E-state index < -0.39 is 5.67 Å². The summed E-state index contributed by atoms with van der Waals surface area (Å²) in [6.45, 7) is 4.60. The maximum atomic E-state index is 14.0. The van der Waals surface area contributed by atoms with Crippen molar-refractivity contribution in [2.24, 2.45) is 0 Å². The van der Waals surface area contributed by atoms with Crippen molar-refractivity contribution in [3.63, 3.8) is 0 Å². The van der Waals surface area contributed by atoms with Gasteiger partial charge in [0.05, 0.1) is 0 Å². The van der Waals surface area contributed by atoms with Crippen molar-refractivity contribution in [3.8, 4) is 0 Å². The molecule has 0 spiro atoms. The number of rotatable bonds is 2. The highest BCUT2D eigenvalue weighted by Crippen LogP contribution is 2.26. The van der Waals surface area contributed by atoms with Gasteiger partial charge in [0.15, 0.2) is 0 Å². The molecule has 2 fully saturated rings. The van der Waals surface area contributed by atoms with Gasteiger partial charge in [0.1, 0.15) is 5.67 Å². The van der Waals surface area contributed by atoms with Crippen LogP contribution in [0.5, 0.6) is 0 Å². The third kappa shape index (κ3) is 1.77. The van der Waals surface area contributed by atoms with E-state index in [1.54, 1.807) is 0 Å². The lowest BCUT2D eigenvalue weighted by Gasteiger charge is -2.39. The van der Waals surface area contributed by atoms with Crippen molar-refractivity contribution < 1.29 is 4.39 Å². The Labute approximate surface area is 73.1 Å². The van der Waals surface area contributed by atoms with Crippen LogP contribution in [0.3, 0.4) is 0 Å². The predicted octanol–water partition coefficient (Wildman–Crippen LogP) is 0.784. The second-order valence-corrected chi connectivity index (χ2v) is 4.03. The van der Waals surface area contributed by atoms with Gasteiger partial charge in [-0.15, -0.1) is 0 Å². The Morgan fingerprint density at radius 2 is 1.92 bits per heavy atom. The molecular formula is C9H17FN2. The van der Waals surface area contributed by atoms with Gasteiger partial charge in [-0.1, -0.05) is 0 Å². The molecule has 0 saturated carbocycles. The Kier molecular flexibility index (Phi) is 2.33. The number of nitrogens with zero attached hydrogens (tertiary/aromatic N) is 1. The maximum Gasteiger partial charge on any atom is 0.126 e. The minimum absolute atomic E-state index is 0.675. The molecule has 2 nitrogen and oxygen atoms in total. The molecule has 12 heavy (non-hydrogen) atoms. The van der Waals surface area contributed by atoms with Crippen LogP contribution in [-0.4, -0.2) is 43.3 Å². The van der Waals surface area contributed by atoms with Gasteiger partial charge in [-0.05, 0) is 45.4 Å². The Balaban J connectivity index is 1.81. The summed E-state index contributed by atoms with van der Waals surface area (Å²) in [5.74, 6) is 0. The quantitative estimate of drug-likeness (QED) is 0.662. The van der Waals surface area contributed by atoms with E-state index in [-0.39, 0.29) is 0 Å². The first-order valence-corrected chi connectivity index (χ1v) is 4.91. The highest BCUT2D eigenvalue weighted by atomic mass is 19.1. The van der Waals surface area contributed by atoms with Crippen molar-refractivity contribution >= 4 is 0 Å². The van der Waals surface area contributed by atoms with Crippen LogP contribution in [0.25, 0.3) is 0 Å². The fraction of sp³-hybridized carbons (Fsp3) is 1.00. The van der Waals surface area contributed by atoms with Gasteiger partial charge in [-0.3, -0.25) is 0 Å². The van der Waals surface area contributed by atoms with Crippen LogP contribution in [0.2, 0.25) is 0 Å². The zero-order valence-electron chi connectivity index (χ0n) is 7.48. The number of likely N-dealkylation sites (tertiary alicyclic amines) is 1. The zero-order chi connectivity index (χ0) is 8.44. The van der Waals surface area contributed by atoms with Gasteiger partial charge in [0, 0.05) is 6.54 Å². The van der Waals surface area contributed by atoms with Crippen molar-refractivity contribution in [2.45, 2.75) is 24.9 Å². The highest BCUT2D eigenvalue weighted by molar-refractivity contribution is 4.89. The number of piperidine rings is 1. The van der Waals surface area contributed by atoms with Crippen molar-refractivity contribution in [1.29, 1.82) is 0 Å². The van der Waals surface area contributed by atoms with Gasteiger partial charge in [-0.25, -0.2) is 4.39 Å². The molecule has 0 unspecified atom stereocenters. The summed E-state index contributed by atoms with van der Waals surface area (Å²) in [5.41, 5.74) is -0.883. The normalized spacial score (nSPS) is 29.8. The molecule has 0 bridgehead atoms. The number of alkyl halides is 1. The summed E-state index contributed by atoms with van der Waals surface area (Å²) < 4.78 is 14.0. The monoisotopic (exact) mass is 172 g/mol. The van der Waals surface area contributed by atoms with Gasteiger partial charge in [0.2, 0.25) is 0 Å². The molecule has 0 aromatic heterocycles. The van der Waals surface area contributed by atoms with E-state index in [9.17, 15) is 4.39 Å². The zero-order valence-corrected chi connectivity index (χ0v) is 7.48. The largest absolute Gasteiger partial charge is 0.316 e. The number of hydrogen-bond acceptors (Lipinski definition) is 2. The van der Waals surface area contributed by atoms with Crippen LogP contribution in [0.15, 0.2) is 0 Å². The lowest BCUT2D eigenvalue weighted by molar-refractivity contribution is 0.0360. The Hall–Kier alpha value is -0.150. The minimum atomic E-state index is -0.883. The summed E-state index contributed by atoms with van der Waals surface area (Å²) >= 11 is 0. The van der Waals surface area contributed by atoms with Crippen LogP contribution in [-0.2, 0) is 0 Å². The molecule has 2 heterocycles. The molecular weight excluding hydrogens is 155 g/mol. The van der Waals surface area contributed by atoms with Crippen molar-refractivity contribution in [1.82, 2.24) is 10.2 Å². The molecule has 0 aromatic rings. The average molecular weight is 172 g/mol. The average Bonchev–Trinajstić information content (AvgIpc) is 1.99. The third-order valence-electron chi connectivity index (χ3n) is 2.96. The summed E-state index contributed by atoms with van der Waals surface area (Å²) in [4.78, 5) is 2.23. The molecule has 2 aliphatic rings. The molecule has 2 aliphatic heterocycles. The number of hydrogen-bond donors (Lipinski definition) is 1. The lowest BCUT2D eigenvalue weighted by atomic mass is 9.93. The fourth-order valence-corrected chi connectivity index (χ4v) is 1.97. The van der Waals surface area contributed by atoms with Gasteiger partial charge >= 0.3 is 0 Å². The Bertz CT molecular complexity index is 151. The topological polar surface area (TPSA) is 15.3 Å². The van der Waals surface area contributed by atoms with E-state index in [0.717, 1.165) is 26.2 Å². The lowest BCUT2D eigenvalue weighted by Crippen LogP contribution is -2.50. The summed E-state index contributed by atoms with van der Waals surface area (Å²) in [5, 5.41) is 3.19. The van der Waals surface area contributed by atoms with Crippen LogP contribution in [0.1, 0.15) is 19.3 Å². The fourth-order valence-electron chi connectivity index (χ4n) is 1.97. The van der Waals surface area contributed by atoms with Crippen molar-refractivity contribution in [3.05, 3.63) is 0 Å². The van der Waals surface area contributed by atoms with E-state index in [1.165, 1.54) is 6.42 Å². The van der Waals surface area contributed by atoms with E-state index in [1.807, 2.05) is 0 Å². The molecule has 2 saturated heterocycles. The summed E-state index contributed by atoms with van der Waals surface area (Å²) in [6.07, 6.45) is 2.65. The molecule has 0 atom stereocenters. The summed E-state index contributed by atoms with van der Waals surface area (Å²) in [6, 6.07) is 0. The molecule has 0 amide bonds. The van der Waals surface area contributed by atoms with Crippen molar-refractivity contribution in [2.75, 3.05) is 32.7 Å². The standard InChI is InChI=1S/C9H17FN2/c10-9(2-4-11-5-3-9)8-12-6-1-7-12/h11H,1-8H2. The summed E-state index contributed by atoms with van der Waals surface area (Å²) in [7, 11) is 0. The first-order chi connectivity index (χ1) is 5.79. The smallest absolute Gasteiger partial charge is 0.126 e. The first-order valence-electron chi connectivity index (χ1n) is 4.91. The number of halogens is 1. The number of nitrogens with one attached hydrogen (secondary N) is 1. The Morgan fingerprint density at radius 3 is 2.42 bits per heavy atom. The Morgan fingerprint density at radius 1 is 1.25 bits per heavy atom. The van der Waals surface area contributed by atoms with Crippen LogP contribution in [0.4, 0.5) is 4.39 Å². The molecule has 0 radical (unpaired) electrons. The molecule has 0 aliphatic carbocycles. The molecule has 3 heteroatoms. The van der Waals surface area contributed by atoms with Crippen LogP contribution >= 0.6 is 0 Å². The SMILES string of the molecule is FC1(CN2CCC2)CCNCC1. The minimum Gasteiger partial charge on any atom is -0.316 e. The highest BCUT2D eigenvalue weighted by Gasteiger charge is 2.34.